The van der Waals surface area contributed by atoms with E-state index in [-0.39, 0.29) is 5.91 Å². The molecule has 1 N–H and O–H groups in total. The smallest absolute Gasteiger partial charge is 0.267 e. The van der Waals surface area contributed by atoms with Crippen molar-refractivity contribution in [1.29, 1.82) is 0 Å². The van der Waals surface area contributed by atoms with Crippen LogP contribution in [0.15, 0.2) is 84.2 Å². The molecule has 0 atom stereocenters. The third kappa shape index (κ3) is 3.89. The lowest BCUT2D eigenvalue weighted by atomic mass is 10.0. The quantitative estimate of drug-likeness (QED) is 0.592. The van der Waals surface area contributed by atoms with E-state index in [1.807, 2.05) is 42.5 Å². The minimum absolute atomic E-state index is 0.260. The van der Waals surface area contributed by atoms with Gasteiger partial charge in [-0.05, 0) is 28.8 Å². The van der Waals surface area contributed by atoms with Crippen LogP contribution < -0.4 is 5.43 Å². The Kier molecular flexibility index (Phi) is 4.55. The first kappa shape index (κ1) is 14.7. The fourth-order valence-electron chi connectivity index (χ4n) is 2.13. The van der Waals surface area contributed by atoms with Gasteiger partial charge in [0.1, 0.15) is 0 Å². The van der Waals surface area contributed by atoms with Gasteiger partial charge in [0.25, 0.3) is 5.91 Å². The van der Waals surface area contributed by atoms with Crippen LogP contribution in [0.1, 0.15) is 15.9 Å². The zero-order valence-electron chi connectivity index (χ0n) is 12.4. The monoisotopic (exact) mass is 301 g/mol. The summed E-state index contributed by atoms with van der Waals surface area (Å²) in [4.78, 5) is 15.7. The number of nitrogens with zero attached hydrogens (tertiary/aromatic N) is 2. The summed E-state index contributed by atoms with van der Waals surface area (Å²) in [5.41, 5.74) is 6.25. The van der Waals surface area contributed by atoms with Gasteiger partial charge in [-0.2, -0.15) is 5.10 Å². The van der Waals surface area contributed by atoms with E-state index in [1.54, 1.807) is 30.7 Å². The Hall–Kier alpha value is -3.27. The molecule has 0 saturated heterocycles. The zero-order valence-corrected chi connectivity index (χ0v) is 12.4. The first-order valence-electron chi connectivity index (χ1n) is 7.22. The number of pyridine rings is 1. The Balaban J connectivity index is 1.63. The van der Waals surface area contributed by atoms with Crippen LogP contribution in [0.5, 0.6) is 0 Å². The van der Waals surface area contributed by atoms with Crippen molar-refractivity contribution in [2.24, 2.45) is 5.10 Å². The number of hydrazone groups is 1. The first-order valence-corrected chi connectivity index (χ1v) is 7.22. The second-order valence-corrected chi connectivity index (χ2v) is 4.92. The summed E-state index contributed by atoms with van der Waals surface area (Å²) in [5.74, 6) is -0.260. The average molecular weight is 301 g/mol. The van der Waals surface area contributed by atoms with Crippen molar-refractivity contribution in [2.75, 3.05) is 0 Å². The molecular weight excluding hydrogens is 286 g/mol. The predicted octanol–water partition coefficient (Wildman–Crippen LogP) is 3.51. The van der Waals surface area contributed by atoms with Crippen LogP contribution >= 0.6 is 0 Å². The Morgan fingerprint density at radius 3 is 2.22 bits per heavy atom. The molecule has 23 heavy (non-hydrogen) atoms. The summed E-state index contributed by atoms with van der Waals surface area (Å²) in [7, 11) is 0. The third-order valence-electron chi connectivity index (χ3n) is 3.34. The van der Waals surface area contributed by atoms with Crippen molar-refractivity contribution in [1.82, 2.24) is 10.4 Å². The Morgan fingerprint density at radius 1 is 0.870 bits per heavy atom. The molecule has 0 aliphatic carbocycles. The second kappa shape index (κ2) is 7.13. The largest absolute Gasteiger partial charge is 0.271 e. The van der Waals surface area contributed by atoms with Crippen molar-refractivity contribution in [3.63, 3.8) is 0 Å². The van der Waals surface area contributed by atoms with Crippen molar-refractivity contribution < 1.29 is 4.79 Å². The van der Waals surface area contributed by atoms with Gasteiger partial charge in [-0.15, -0.1) is 0 Å². The van der Waals surface area contributed by atoms with Crippen LogP contribution in [0.4, 0.5) is 0 Å². The van der Waals surface area contributed by atoms with Crippen LogP contribution in [0.3, 0.4) is 0 Å². The molecule has 4 heteroatoms. The molecule has 0 bridgehead atoms. The van der Waals surface area contributed by atoms with Crippen LogP contribution in [0.25, 0.3) is 11.1 Å². The lowest BCUT2D eigenvalue weighted by Crippen LogP contribution is -2.17. The van der Waals surface area contributed by atoms with E-state index < -0.39 is 0 Å². The molecule has 0 aliphatic rings. The predicted molar refractivity (Wildman–Crippen MR) is 91.2 cm³/mol. The van der Waals surface area contributed by atoms with Gasteiger partial charge in [-0.1, -0.05) is 54.6 Å². The van der Waals surface area contributed by atoms with E-state index in [9.17, 15) is 4.79 Å². The van der Waals surface area contributed by atoms with Crippen LogP contribution in [-0.2, 0) is 0 Å². The molecule has 0 aliphatic heterocycles. The molecule has 1 aromatic heterocycles. The topological polar surface area (TPSA) is 54.4 Å². The number of benzene rings is 2. The number of hydrogen-bond donors (Lipinski definition) is 1. The summed E-state index contributed by atoms with van der Waals surface area (Å²) in [6.07, 6.45) is 4.76. The summed E-state index contributed by atoms with van der Waals surface area (Å²) in [6, 6.07) is 21.4. The maximum atomic E-state index is 11.8. The maximum Gasteiger partial charge on any atom is 0.271 e. The molecule has 0 fully saturated rings. The minimum Gasteiger partial charge on any atom is -0.267 e. The number of carbonyl (C=O) groups excluding carboxylic acids is 1. The average Bonchev–Trinajstić information content (AvgIpc) is 2.64. The van der Waals surface area contributed by atoms with Crippen molar-refractivity contribution in [2.45, 2.75) is 0 Å². The summed E-state index contributed by atoms with van der Waals surface area (Å²) >= 11 is 0. The molecule has 3 rings (SSSR count). The van der Waals surface area contributed by atoms with Gasteiger partial charge >= 0.3 is 0 Å². The van der Waals surface area contributed by atoms with Gasteiger partial charge < -0.3 is 0 Å². The number of nitrogens with one attached hydrogen (secondary N) is 1. The van der Waals surface area contributed by atoms with Crippen LogP contribution in [-0.4, -0.2) is 17.1 Å². The normalized spacial score (nSPS) is 10.6. The van der Waals surface area contributed by atoms with Gasteiger partial charge in [-0.3, -0.25) is 9.78 Å². The van der Waals surface area contributed by atoms with E-state index in [1.165, 1.54) is 5.56 Å². The minimum atomic E-state index is -0.260. The van der Waals surface area contributed by atoms with Crippen molar-refractivity contribution in [3.8, 4) is 11.1 Å². The van der Waals surface area contributed by atoms with Gasteiger partial charge in [0.15, 0.2) is 0 Å². The second-order valence-electron chi connectivity index (χ2n) is 4.92. The molecule has 2 aromatic carbocycles. The van der Waals surface area contributed by atoms with Crippen molar-refractivity contribution in [3.05, 3.63) is 90.3 Å². The molecule has 0 spiro atoms. The number of carbonyl (C=O) groups is 1. The Bertz CT molecular complexity index is 797. The van der Waals surface area contributed by atoms with E-state index >= 15 is 0 Å². The molecule has 1 amide bonds. The molecule has 4 nitrogen and oxygen atoms in total. The highest BCUT2D eigenvalue weighted by atomic mass is 16.2. The molecule has 3 aromatic rings. The highest BCUT2D eigenvalue weighted by molar-refractivity contribution is 5.94. The highest BCUT2D eigenvalue weighted by Gasteiger charge is 2.02. The maximum absolute atomic E-state index is 11.8. The van der Waals surface area contributed by atoms with Gasteiger partial charge in [0.2, 0.25) is 0 Å². The Labute approximate surface area is 134 Å². The van der Waals surface area contributed by atoms with E-state index in [4.69, 9.17) is 0 Å². The lowest BCUT2D eigenvalue weighted by Gasteiger charge is -2.02. The fraction of sp³-hybridized carbons (Fsp3) is 0. The van der Waals surface area contributed by atoms with E-state index in [0.29, 0.717) is 5.56 Å². The molecular formula is C19H15N3O. The van der Waals surface area contributed by atoms with Gasteiger partial charge in [-0.25, -0.2) is 5.43 Å². The molecule has 0 unspecified atom stereocenters. The zero-order chi connectivity index (χ0) is 15.9. The standard InChI is InChI=1S/C19H15N3O/c23-19(18-10-12-20-13-11-18)22-21-14-15-6-8-17(9-7-15)16-4-2-1-3-5-16/h1-14H,(H,22,23)/b21-14-. The summed E-state index contributed by atoms with van der Waals surface area (Å²) in [6.45, 7) is 0. The van der Waals surface area contributed by atoms with E-state index in [2.05, 4.69) is 27.6 Å². The SMILES string of the molecule is O=C(N/N=C\c1ccc(-c2ccccc2)cc1)c1ccncc1. The summed E-state index contributed by atoms with van der Waals surface area (Å²) < 4.78 is 0. The molecule has 1 heterocycles. The summed E-state index contributed by atoms with van der Waals surface area (Å²) in [5, 5.41) is 3.98. The molecule has 0 saturated carbocycles. The van der Waals surface area contributed by atoms with Gasteiger partial charge in [0, 0.05) is 18.0 Å². The van der Waals surface area contributed by atoms with Gasteiger partial charge in [0.05, 0.1) is 6.21 Å². The number of hydrogen-bond acceptors (Lipinski definition) is 3. The molecule has 0 radical (unpaired) electrons. The fourth-order valence-corrected chi connectivity index (χ4v) is 2.13. The number of amides is 1. The van der Waals surface area contributed by atoms with Crippen LogP contribution in [0, 0.1) is 0 Å². The highest BCUT2D eigenvalue weighted by Crippen LogP contribution is 2.18. The van der Waals surface area contributed by atoms with E-state index in [0.717, 1.165) is 11.1 Å². The van der Waals surface area contributed by atoms with Crippen molar-refractivity contribution >= 4 is 12.1 Å². The third-order valence-corrected chi connectivity index (χ3v) is 3.34. The number of aromatic nitrogens is 1. The Morgan fingerprint density at radius 2 is 1.52 bits per heavy atom. The lowest BCUT2D eigenvalue weighted by molar-refractivity contribution is 0.0955. The number of rotatable bonds is 4. The first-order chi connectivity index (χ1) is 11.3. The molecule has 112 valence electrons. The van der Waals surface area contributed by atoms with Crippen LogP contribution in [0.2, 0.25) is 0 Å².